The van der Waals surface area contributed by atoms with E-state index in [4.69, 9.17) is 16.4 Å². The SMILES string of the molecule is C#C[C@]1(CO)O[C@@H](n2ccc(=O)[nH]c2=O)[C@@H](C#N)[C@@H]1O. The number of H-pyrrole nitrogens is 1. The Morgan fingerprint density at radius 2 is 2.30 bits per heavy atom. The molecule has 0 radical (unpaired) electrons. The van der Waals surface area contributed by atoms with E-state index in [0.717, 1.165) is 16.8 Å². The minimum Gasteiger partial charge on any atom is -0.392 e. The van der Waals surface area contributed by atoms with E-state index in [1.807, 2.05) is 4.98 Å². The van der Waals surface area contributed by atoms with Gasteiger partial charge in [0.1, 0.15) is 12.0 Å². The molecule has 0 spiro atoms. The second-order valence-corrected chi connectivity index (χ2v) is 4.32. The second-order valence-electron chi connectivity index (χ2n) is 4.32. The molecule has 1 fully saturated rings. The molecule has 2 heterocycles. The van der Waals surface area contributed by atoms with E-state index in [1.165, 1.54) is 0 Å². The largest absolute Gasteiger partial charge is 0.392 e. The molecule has 0 amide bonds. The topological polar surface area (TPSA) is 128 Å². The van der Waals surface area contributed by atoms with Crippen LogP contribution in [0.25, 0.3) is 0 Å². The number of ether oxygens (including phenoxy) is 1. The Morgan fingerprint density at radius 3 is 2.80 bits per heavy atom. The van der Waals surface area contributed by atoms with Crippen LogP contribution < -0.4 is 11.2 Å². The Kier molecular flexibility index (Phi) is 3.47. The number of aromatic nitrogens is 2. The third kappa shape index (κ3) is 1.92. The summed E-state index contributed by atoms with van der Waals surface area (Å²) in [5, 5.41) is 28.4. The lowest BCUT2D eigenvalue weighted by Gasteiger charge is -2.23. The highest BCUT2D eigenvalue weighted by Crippen LogP contribution is 2.40. The maximum Gasteiger partial charge on any atom is 0.330 e. The van der Waals surface area contributed by atoms with Crippen molar-refractivity contribution in [3.8, 4) is 18.4 Å². The first-order valence-electron chi connectivity index (χ1n) is 5.64. The van der Waals surface area contributed by atoms with Gasteiger partial charge in [-0.3, -0.25) is 14.3 Å². The molecule has 0 unspecified atom stereocenters. The molecule has 8 nitrogen and oxygen atoms in total. The van der Waals surface area contributed by atoms with Gasteiger partial charge in [-0.25, -0.2) is 4.79 Å². The predicted molar refractivity (Wildman–Crippen MR) is 65.2 cm³/mol. The first-order chi connectivity index (χ1) is 9.49. The van der Waals surface area contributed by atoms with Crippen molar-refractivity contribution >= 4 is 0 Å². The fourth-order valence-corrected chi connectivity index (χ4v) is 2.09. The van der Waals surface area contributed by atoms with Gasteiger partial charge in [-0.05, 0) is 0 Å². The monoisotopic (exact) mass is 277 g/mol. The van der Waals surface area contributed by atoms with Gasteiger partial charge in [-0.15, -0.1) is 6.42 Å². The maximum atomic E-state index is 11.7. The van der Waals surface area contributed by atoms with Crippen LogP contribution in [0.15, 0.2) is 21.9 Å². The van der Waals surface area contributed by atoms with E-state index in [2.05, 4.69) is 5.92 Å². The lowest BCUT2D eigenvalue weighted by Crippen LogP contribution is -2.43. The molecule has 1 aromatic rings. The summed E-state index contributed by atoms with van der Waals surface area (Å²) < 4.78 is 6.29. The predicted octanol–water partition coefficient (Wildman–Crippen LogP) is -2.07. The van der Waals surface area contributed by atoms with Gasteiger partial charge >= 0.3 is 5.69 Å². The van der Waals surface area contributed by atoms with Crippen molar-refractivity contribution < 1.29 is 14.9 Å². The minimum atomic E-state index is -1.76. The standard InChI is InChI=1S/C12H11N3O5/c1-2-12(6-16)9(18)7(5-13)10(20-12)15-4-3-8(17)14-11(15)19/h1,3-4,7,9-10,16,18H,6H2,(H,14,17,19)/t7-,9-,10+,12+/m0/s1. The number of aliphatic hydroxyl groups is 2. The van der Waals surface area contributed by atoms with E-state index in [-0.39, 0.29) is 0 Å². The van der Waals surface area contributed by atoms with Crippen molar-refractivity contribution in [1.29, 1.82) is 5.26 Å². The van der Waals surface area contributed by atoms with Crippen molar-refractivity contribution in [2.45, 2.75) is 17.9 Å². The van der Waals surface area contributed by atoms with Crippen LogP contribution in [0.3, 0.4) is 0 Å². The lowest BCUT2D eigenvalue weighted by atomic mass is 9.91. The zero-order valence-electron chi connectivity index (χ0n) is 10.2. The number of hydrogen-bond donors (Lipinski definition) is 3. The Morgan fingerprint density at radius 1 is 1.60 bits per heavy atom. The molecule has 2 rings (SSSR count). The fourth-order valence-electron chi connectivity index (χ4n) is 2.09. The Labute approximate surface area is 112 Å². The summed E-state index contributed by atoms with van der Waals surface area (Å²) in [6.07, 6.45) is 3.70. The van der Waals surface area contributed by atoms with Crippen LogP contribution in [0.5, 0.6) is 0 Å². The number of terminal acetylenes is 1. The molecule has 1 aromatic heterocycles. The quantitative estimate of drug-likeness (QED) is 0.533. The Hall–Kier alpha value is -2.39. The molecule has 1 aliphatic heterocycles. The molecular formula is C12H11N3O5. The summed E-state index contributed by atoms with van der Waals surface area (Å²) in [5.74, 6) is 0.946. The molecule has 0 aliphatic carbocycles. The highest BCUT2D eigenvalue weighted by atomic mass is 16.6. The van der Waals surface area contributed by atoms with Crippen LogP contribution in [0.4, 0.5) is 0 Å². The third-order valence-electron chi connectivity index (χ3n) is 3.21. The van der Waals surface area contributed by atoms with Gasteiger partial charge in [0.15, 0.2) is 11.8 Å². The normalized spacial score (nSPS) is 32.5. The molecule has 8 heteroatoms. The molecule has 1 aliphatic rings. The van der Waals surface area contributed by atoms with Gasteiger partial charge in [-0.2, -0.15) is 5.26 Å². The summed E-state index contributed by atoms with van der Waals surface area (Å²) in [7, 11) is 0. The van der Waals surface area contributed by atoms with Crippen LogP contribution in [-0.4, -0.2) is 38.1 Å². The highest BCUT2D eigenvalue weighted by molar-refractivity contribution is 5.21. The van der Waals surface area contributed by atoms with Gasteiger partial charge in [0.2, 0.25) is 0 Å². The smallest absolute Gasteiger partial charge is 0.330 e. The van der Waals surface area contributed by atoms with Crippen LogP contribution in [-0.2, 0) is 4.74 Å². The summed E-state index contributed by atoms with van der Waals surface area (Å²) in [5.41, 5.74) is -3.18. The molecule has 104 valence electrons. The van der Waals surface area contributed by atoms with E-state index >= 15 is 0 Å². The van der Waals surface area contributed by atoms with Crippen molar-refractivity contribution in [2.24, 2.45) is 5.92 Å². The van der Waals surface area contributed by atoms with E-state index in [9.17, 15) is 19.8 Å². The molecule has 0 bridgehead atoms. The summed E-state index contributed by atoms with van der Waals surface area (Å²) >= 11 is 0. The molecule has 3 N–H and O–H groups in total. The highest BCUT2D eigenvalue weighted by Gasteiger charge is 2.55. The van der Waals surface area contributed by atoms with Crippen molar-refractivity contribution in [3.63, 3.8) is 0 Å². The second kappa shape index (κ2) is 4.94. The molecule has 4 atom stereocenters. The number of hydrogen-bond acceptors (Lipinski definition) is 6. The van der Waals surface area contributed by atoms with Gasteiger partial charge in [-0.1, -0.05) is 5.92 Å². The summed E-state index contributed by atoms with van der Waals surface area (Å²) in [6.45, 7) is -0.711. The average Bonchev–Trinajstić information content (AvgIpc) is 2.71. The van der Waals surface area contributed by atoms with Gasteiger partial charge < -0.3 is 14.9 Å². The number of rotatable bonds is 2. The van der Waals surface area contributed by atoms with Crippen molar-refractivity contribution in [2.75, 3.05) is 6.61 Å². The lowest BCUT2D eigenvalue weighted by molar-refractivity contribution is -0.0916. The number of nitrogens with one attached hydrogen (secondary N) is 1. The van der Waals surface area contributed by atoms with Gasteiger partial charge in [0.25, 0.3) is 5.56 Å². The third-order valence-corrected chi connectivity index (χ3v) is 3.21. The number of nitriles is 1. The molecular weight excluding hydrogens is 266 g/mol. The van der Waals surface area contributed by atoms with Gasteiger partial charge in [0.05, 0.1) is 12.7 Å². The summed E-state index contributed by atoms with van der Waals surface area (Å²) in [4.78, 5) is 24.7. The van der Waals surface area contributed by atoms with Crippen LogP contribution in [0.2, 0.25) is 0 Å². The van der Waals surface area contributed by atoms with Gasteiger partial charge in [0, 0.05) is 12.3 Å². The Balaban J connectivity index is 2.53. The van der Waals surface area contributed by atoms with Crippen molar-refractivity contribution in [3.05, 3.63) is 33.1 Å². The first-order valence-corrected chi connectivity index (χ1v) is 5.64. The summed E-state index contributed by atoms with van der Waals surface area (Å²) in [6, 6.07) is 2.86. The fraction of sp³-hybridized carbons (Fsp3) is 0.417. The zero-order valence-corrected chi connectivity index (χ0v) is 10.2. The number of aliphatic hydroxyl groups excluding tert-OH is 2. The maximum absolute atomic E-state index is 11.7. The minimum absolute atomic E-state index is 0.608. The number of nitrogens with zero attached hydrogens (tertiary/aromatic N) is 2. The molecule has 0 saturated carbocycles. The van der Waals surface area contributed by atoms with Crippen molar-refractivity contribution in [1.82, 2.24) is 9.55 Å². The average molecular weight is 277 g/mol. The van der Waals surface area contributed by atoms with E-state index < -0.39 is 41.7 Å². The van der Waals surface area contributed by atoms with Crippen LogP contribution in [0.1, 0.15) is 6.23 Å². The number of aromatic amines is 1. The van der Waals surface area contributed by atoms with Crippen LogP contribution in [0, 0.1) is 29.6 Å². The van der Waals surface area contributed by atoms with E-state index in [0.29, 0.717) is 0 Å². The molecule has 0 aromatic carbocycles. The molecule has 20 heavy (non-hydrogen) atoms. The van der Waals surface area contributed by atoms with E-state index in [1.54, 1.807) is 6.07 Å². The Bertz CT molecular complexity index is 709. The molecule has 1 saturated heterocycles. The zero-order chi connectivity index (χ0) is 14.9. The van der Waals surface area contributed by atoms with Crippen LogP contribution >= 0.6 is 0 Å². The first kappa shape index (κ1) is 14.0.